The molecule has 4 heteroatoms. The molecule has 2 rings (SSSR count). The Morgan fingerprint density at radius 3 is 2.94 bits per heavy atom. The van der Waals surface area contributed by atoms with Crippen LogP contribution in [0, 0.1) is 11.3 Å². The quantitative estimate of drug-likeness (QED) is 0.872. The first-order chi connectivity index (χ1) is 8.72. The molecule has 1 heterocycles. The van der Waals surface area contributed by atoms with Gasteiger partial charge in [0.15, 0.2) is 0 Å². The Labute approximate surface area is 107 Å². The van der Waals surface area contributed by atoms with E-state index in [1.807, 2.05) is 18.2 Å². The Hall–Kier alpha value is -1.86. The van der Waals surface area contributed by atoms with Crippen molar-refractivity contribution in [3.63, 3.8) is 0 Å². The van der Waals surface area contributed by atoms with E-state index in [4.69, 9.17) is 11.0 Å². The summed E-state index contributed by atoms with van der Waals surface area (Å²) in [5.74, 6) is -0.260. The molecule has 18 heavy (non-hydrogen) atoms. The summed E-state index contributed by atoms with van der Waals surface area (Å²) in [6.45, 7) is 1.49. The van der Waals surface area contributed by atoms with E-state index in [1.165, 1.54) is 0 Å². The van der Waals surface area contributed by atoms with Crippen molar-refractivity contribution in [2.75, 3.05) is 6.54 Å². The van der Waals surface area contributed by atoms with E-state index in [0.717, 1.165) is 31.4 Å². The van der Waals surface area contributed by atoms with Gasteiger partial charge >= 0.3 is 0 Å². The van der Waals surface area contributed by atoms with Crippen LogP contribution in [0.25, 0.3) is 0 Å². The van der Waals surface area contributed by atoms with Crippen LogP contribution in [0.15, 0.2) is 24.3 Å². The van der Waals surface area contributed by atoms with Crippen molar-refractivity contribution in [2.45, 2.75) is 31.8 Å². The van der Waals surface area contributed by atoms with Crippen LogP contribution < -0.4 is 5.73 Å². The van der Waals surface area contributed by atoms with Crippen LogP contribution in [0.1, 0.15) is 30.4 Å². The van der Waals surface area contributed by atoms with Gasteiger partial charge in [-0.1, -0.05) is 24.6 Å². The minimum Gasteiger partial charge on any atom is -0.368 e. The summed E-state index contributed by atoms with van der Waals surface area (Å²) in [5.41, 5.74) is 7.07. The normalized spacial score (nSPS) is 20.3. The second-order valence-corrected chi connectivity index (χ2v) is 4.65. The Morgan fingerprint density at radius 1 is 1.44 bits per heavy atom. The zero-order valence-electron chi connectivity index (χ0n) is 10.3. The zero-order chi connectivity index (χ0) is 13.0. The van der Waals surface area contributed by atoms with E-state index >= 15 is 0 Å². The number of piperidine rings is 1. The second kappa shape index (κ2) is 5.65. The van der Waals surface area contributed by atoms with Gasteiger partial charge in [0.2, 0.25) is 5.91 Å². The molecule has 1 unspecified atom stereocenters. The lowest BCUT2D eigenvalue weighted by atomic mass is 9.99. The van der Waals surface area contributed by atoms with Gasteiger partial charge in [-0.05, 0) is 31.0 Å². The number of benzene rings is 1. The maximum absolute atomic E-state index is 11.4. The Morgan fingerprint density at radius 2 is 2.22 bits per heavy atom. The minimum atomic E-state index is -0.260. The van der Waals surface area contributed by atoms with Crippen LogP contribution >= 0.6 is 0 Å². The first kappa shape index (κ1) is 12.6. The lowest BCUT2D eigenvalue weighted by Crippen LogP contribution is -2.47. The highest BCUT2D eigenvalue weighted by molar-refractivity contribution is 5.79. The molecule has 1 atom stereocenters. The first-order valence-corrected chi connectivity index (χ1v) is 6.23. The summed E-state index contributed by atoms with van der Waals surface area (Å²) >= 11 is 0. The first-order valence-electron chi connectivity index (χ1n) is 6.23. The van der Waals surface area contributed by atoms with E-state index in [1.54, 1.807) is 6.07 Å². The fourth-order valence-electron chi connectivity index (χ4n) is 2.49. The predicted molar refractivity (Wildman–Crippen MR) is 68.4 cm³/mol. The van der Waals surface area contributed by atoms with Gasteiger partial charge in [-0.2, -0.15) is 5.26 Å². The van der Waals surface area contributed by atoms with Crippen LogP contribution in [0.3, 0.4) is 0 Å². The summed E-state index contributed by atoms with van der Waals surface area (Å²) in [5, 5.41) is 9.06. The monoisotopic (exact) mass is 243 g/mol. The number of primary amides is 1. The average molecular weight is 243 g/mol. The molecular formula is C14H17N3O. The standard InChI is InChI=1S/C14H17N3O/c15-9-11-5-1-2-6-12(11)10-17-8-4-3-7-13(17)14(16)18/h1-2,5-6,13H,3-4,7-8,10H2,(H2,16,18). The number of nitriles is 1. The molecule has 2 N–H and O–H groups in total. The van der Waals surface area contributed by atoms with Crippen molar-refractivity contribution in [3.05, 3.63) is 35.4 Å². The molecule has 0 saturated carbocycles. The van der Waals surface area contributed by atoms with E-state index in [0.29, 0.717) is 12.1 Å². The number of nitrogens with zero attached hydrogens (tertiary/aromatic N) is 2. The number of nitrogens with two attached hydrogens (primary N) is 1. The lowest BCUT2D eigenvalue weighted by Gasteiger charge is -2.33. The van der Waals surface area contributed by atoms with Crippen molar-refractivity contribution in [1.29, 1.82) is 5.26 Å². The fourth-order valence-corrected chi connectivity index (χ4v) is 2.49. The van der Waals surface area contributed by atoms with Gasteiger partial charge in [0, 0.05) is 6.54 Å². The molecule has 1 aliphatic rings. The third-order valence-corrected chi connectivity index (χ3v) is 3.45. The Kier molecular flexibility index (Phi) is 3.96. The fraction of sp³-hybridized carbons (Fsp3) is 0.429. The lowest BCUT2D eigenvalue weighted by molar-refractivity contribution is -0.124. The smallest absolute Gasteiger partial charge is 0.234 e. The summed E-state index contributed by atoms with van der Waals surface area (Å²) in [7, 11) is 0. The topological polar surface area (TPSA) is 70.1 Å². The Bertz CT molecular complexity index is 478. The van der Waals surface area contributed by atoms with Crippen molar-refractivity contribution < 1.29 is 4.79 Å². The van der Waals surface area contributed by atoms with Gasteiger partial charge in [-0.15, -0.1) is 0 Å². The maximum Gasteiger partial charge on any atom is 0.234 e. The molecule has 0 bridgehead atoms. The molecule has 1 aliphatic heterocycles. The summed E-state index contributed by atoms with van der Waals surface area (Å²) in [6.07, 6.45) is 2.95. The molecule has 0 radical (unpaired) electrons. The van der Waals surface area contributed by atoms with Crippen LogP contribution in [0.5, 0.6) is 0 Å². The van der Waals surface area contributed by atoms with E-state index in [9.17, 15) is 4.79 Å². The van der Waals surface area contributed by atoms with Crippen molar-refractivity contribution in [3.8, 4) is 6.07 Å². The summed E-state index contributed by atoms with van der Waals surface area (Å²) in [4.78, 5) is 13.5. The van der Waals surface area contributed by atoms with Gasteiger partial charge in [0.1, 0.15) is 0 Å². The van der Waals surface area contributed by atoms with E-state index < -0.39 is 0 Å². The molecule has 94 valence electrons. The van der Waals surface area contributed by atoms with Crippen molar-refractivity contribution in [1.82, 2.24) is 4.90 Å². The van der Waals surface area contributed by atoms with Crippen LogP contribution in [-0.2, 0) is 11.3 Å². The van der Waals surface area contributed by atoms with E-state index in [-0.39, 0.29) is 11.9 Å². The number of carbonyl (C=O) groups excluding carboxylic acids is 1. The zero-order valence-corrected chi connectivity index (χ0v) is 10.3. The molecular weight excluding hydrogens is 226 g/mol. The van der Waals surface area contributed by atoms with Crippen LogP contribution in [0.2, 0.25) is 0 Å². The molecule has 4 nitrogen and oxygen atoms in total. The molecule has 0 aromatic heterocycles. The number of carbonyl (C=O) groups is 1. The van der Waals surface area contributed by atoms with Gasteiger partial charge in [0.05, 0.1) is 17.7 Å². The summed E-state index contributed by atoms with van der Waals surface area (Å²) < 4.78 is 0. The van der Waals surface area contributed by atoms with Crippen molar-refractivity contribution in [2.24, 2.45) is 5.73 Å². The predicted octanol–water partition coefficient (Wildman–Crippen LogP) is 1.40. The molecule has 1 aromatic rings. The number of hydrogen-bond acceptors (Lipinski definition) is 3. The number of hydrogen-bond donors (Lipinski definition) is 1. The van der Waals surface area contributed by atoms with Gasteiger partial charge in [0.25, 0.3) is 0 Å². The SMILES string of the molecule is N#Cc1ccccc1CN1CCCCC1C(N)=O. The van der Waals surface area contributed by atoms with Crippen LogP contribution in [0.4, 0.5) is 0 Å². The highest BCUT2D eigenvalue weighted by Gasteiger charge is 2.27. The van der Waals surface area contributed by atoms with E-state index in [2.05, 4.69) is 11.0 Å². The highest BCUT2D eigenvalue weighted by Crippen LogP contribution is 2.20. The second-order valence-electron chi connectivity index (χ2n) is 4.65. The molecule has 1 saturated heterocycles. The molecule has 0 spiro atoms. The number of amides is 1. The number of likely N-dealkylation sites (tertiary alicyclic amines) is 1. The highest BCUT2D eigenvalue weighted by atomic mass is 16.1. The molecule has 0 aliphatic carbocycles. The summed E-state index contributed by atoms with van der Waals surface area (Å²) in [6, 6.07) is 9.50. The molecule has 1 aromatic carbocycles. The van der Waals surface area contributed by atoms with Gasteiger partial charge < -0.3 is 5.73 Å². The number of rotatable bonds is 3. The Balaban J connectivity index is 2.16. The average Bonchev–Trinajstić information content (AvgIpc) is 2.40. The third kappa shape index (κ3) is 2.69. The molecule has 1 amide bonds. The largest absolute Gasteiger partial charge is 0.368 e. The minimum absolute atomic E-state index is 0.189. The van der Waals surface area contributed by atoms with Gasteiger partial charge in [-0.25, -0.2) is 0 Å². The maximum atomic E-state index is 11.4. The van der Waals surface area contributed by atoms with Crippen LogP contribution in [-0.4, -0.2) is 23.4 Å². The molecule has 1 fully saturated rings. The van der Waals surface area contributed by atoms with Crippen molar-refractivity contribution >= 4 is 5.91 Å². The van der Waals surface area contributed by atoms with Gasteiger partial charge in [-0.3, -0.25) is 9.69 Å². The third-order valence-electron chi connectivity index (χ3n) is 3.45.